The molecule has 4 nitrogen and oxygen atoms in total. The van der Waals surface area contributed by atoms with E-state index in [9.17, 15) is 0 Å². The van der Waals surface area contributed by atoms with Crippen LogP contribution in [0.3, 0.4) is 0 Å². The van der Waals surface area contributed by atoms with Gasteiger partial charge in [-0.05, 0) is 48.8 Å². The van der Waals surface area contributed by atoms with Crippen LogP contribution in [0.25, 0.3) is 11.5 Å². The zero-order chi connectivity index (χ0) is 14.9. The fraction of sp³-hybridized carbons (Fsp3) is 0.529. The SMILES string of the molecule is CC1CC(C)(C)CCC1Nc1cccc(-c2nnco2)c1. The van der Waals surface area contributed by atoms with Crippen molar-refractivity contribution in [2.75, 3.05) is 5.32 Å². The van der Waals surface area contributed by atoms with Crippen molar-refractivity contribution in [3.05, 3.63) is 30.7 Å². The highest BCUT2D eigenvalue weighted by Gasteiger charge is 2.32. The molecule has 1 saturated carbocycles. The summed E-state index contributed by atoms with van der Waals surface area (Å²) in [7, 11) is 0. The van der Waals surface area contributed by atoms with Crippen molar-refractivity contribution in [3.63, 3.8) is 0 Å². The molecule has 0 amide bonds. The van der Waals surface area contributed by atoms with Gasteiger partial charge in [-0.15, -0.1) is 10.2 Å². The van der Waals surface area contributed by atoms with E-state index in [2.05, 4.69) is 48.4 Å². The zero-order valence-electron chi connectivity index (χ0n) is 13.0. The molecule has 2 unspecified atom stereocenters. The lowest BCUT2D eigenvalue weighted by Crippen LogP contribution is -2.36. The van der Waals surface area contributed by atoms with Gasteiger partial charge >= 0.3 is 0 Å². The van der Waals surface area contributed by atoms with Gasteiger partial charge in [0.15, 0.2) is 0 Å². The van der Waals surface area contributed by atoms with E-state index in [0.29, 0.717) is 23.3 Å². The lowest BCUT2D eigenvalue weighted by atomic mass is 9.70. The predicted molar refractivity (Wildman–Crippen MR) is 83.9 cm³/mol. The summed E-state index contributed by atoms with van der Waals surface area (Å²) in [4.78, 5) is 0. The van der Waals surface area contributed by atoms with Gasteiger partial charge < -0.3 is 9.73 Å². The van der Waals surface area contributed by atoms with Crippen molar-refractivity contribution in [2.45, 2.75) is 46.1 Å². The minimum atomic E-state index is 0.475. The molecule has 3 rings (SSSR count). The van der Waals surface area contributed by atoms with Gasteiger partial charge in [0.05, 0.1) is 0 Å². The summed E-state index contributed by atoms with van der Waals surface area (Å²) in [6, 6.07) is 8.74. The quantitative estimate of drug-likeness (QED) is 0.910. The molecule has 0 aliphatic heterocycles. The van der Waals surface area contributed by atoms with Crippen LogP contribution in [0.15, 0.2) is 35.1 Å². The summed E-state index contributed by atoms with van der Waals surface area (Å²) in [5.74, 6) is 1.25. The number of nitrogens with one attached hydrogen (secondary N) is 1. The summed E-state index contributed by atoms with van der Waals surface area (Å²) >= 11 is 0. The molecule has 0 saturated heterocycles. The highest BCUT2D eigenvalue weighted by Crippen LogP contribution is 2.39. The topological polar surface area (TPSA) is 51.0 Å². The maximum absolute atomic E-state index is 5.26. The number of benzene rings is 1. The lowest BCUT2D eigenvalue weighted by Gasteiger charge is -2.40. The molecule has 1 aromatic carbocycles. The molecule has 2 aromatic rings. The number of hydrogen-bond acceptors (Lipinski definition) is 4. The van der Waals surface area contributed by atoms with E-state index in [1.54, 1.807) is 0 Å². The standard InChI is InChI=1S/C17H23N3O/c1-12-10-17(2,3)8-7-15(12)19-14-6-4-5-13(9-14)16-20-18-11-21-16/h4-6,9,11-12,15,19H,7-8,10H2,1-3H3. The molecule has 0 radical (unpaired) electrons. The van der Waals surface area contributed by atoms with Gasteiger partial charge in [-0.3, -0.25) is 0 Å². The van der Waals surface area contributed by atoms with E-state index in [-0.39, 0.29) is 0 Å². The number of rotatable bonds is 3. The van der Waals surface area contributed by atoms with Crippen LogP contribution in [0.2, 0.25) is 0 Å². The minimum absolute atomic E-state index is 0.475. The van der Waals surface area contributed by atoms with E-state index in [4.69, 9.17) is 4.42 Å². The third-order valence-corrected chi connectivity index (χ3v) is 4.52. The lowest BCUT2D eigenvalue weighted by molar-refractivity contribution is 0.177. The fourth-order valence-corrected chi connectivity index (χ4v) is 3.42. The van der Waals surface area contributed by atoms with Crippen molar-refractivity contribution in [2.24, 2.45) is 11.3 Å². The Morgan fingerprint density at radius 2 is 2.19 bits per heavy atom. The van der Waals surface area contributed by atoms with Crippen LogP contribution in [0, 0.1) is 11.3 Å². The van der Waals surface area contributed by atoms with Crippen LogP contribution in [0.4, 0.5) is 5.69 Å². The second-order valence-corrected chi connectivity index (χ2v) is 6.96. The first kappa shape index (κ1) is 14.1. The van der Waals surface area contributed by atoms with Crippen LogP contribution in [-0.2, 0) is 0 Å². The average molecular weight is 285 g/mol. The number of anilines is 1. The van der Waals surface area contributed by atoms with E-state index in [1.807, 2.05) is 12.1 Å². The van der Waals surface area contributed by atoms with E-state index >= 15 is 0 Å². The molecule has 1 heterocycles. The van der Waals surface area contributed by atoms with Crippen molar-refractivity contribution in [3.8, 4) is 11.5 Å². The first-order valence-electron chi connectivity index (χ1n) is 7.67. The Morgan fingerprint density at radius 3 is 2.90 bits per heavy atom. The fourth-order valence-electron chi connectivity index (χ4n) is 3.42. The maximum atomic E-state index is 5.26. The Bertz CT molecular complexity index is 592. The Balaban J connectivity index is 1.72. The monoisotopic (exact) mass is 285 g/mol. The van der Waals surface area contributed by atoms with Crippen LogP contribution in [0.5, 0.6) is 0 Å². The van der Waals surface area contributed by atoms with Gasteiger partial charge in [-0.1, -0.05) is 26.8 Å². The Hall–Kier alpha value is -1.84. The van der Waals surface area contributed by atoms with Crippen molar-refractivity contribution < 1.29 is 4.42 Å². The Labute approximate surface area is 126 Å². The van der Waals surface area contributed by atoms with E-state index in [0.717, 1.165) is 11.3 Å². The molecule has 2 atom stereocenters. The second-order valence-electron chi connectivity index (χ2n) is 6.96. The summed E-state index contributed by atoms with van der Waals surface area (Å²) in [5.41, 5.74) is 2.56. The summed E-state index contributed by atoms with van der Waals surface area (Å²) in [6.07, 6.45) is 5.13. The number of aromatic nitrogens is 2. The summed E-state index contributed by atoms with van der Waals surface area (Å²) in [6.45, 7) is 7.09. The van der Waals surface area contributed by atoms with Gasteiger partial charge in [0.2, 0.25) is 12.3 Å². The molecule has 1 aromatic heterocycles. The largest absolute Gasteiger partial charge is 0.423 e. The molecule has 1 aliphatic rings. The molecule has 21 heavy (non-hydrogen) atoms. The first-order valence-corrected chi connectivity index (χ1v) is 7.67. The number of nitrogens with zero attached hydrogens (tertiary/aromatic N) is 2. The summed E-state index contributed by atoms with van der Waals surface area (Å²) < 4.78 is 5.26. The molecule has 112 valence electrons. The van der Waals surface area contributed by atoms with Gasteiger partial charge in [0.25, 0.3) is 0 Å². The van der Waals surface area contributed by atoms with Crippen LogP contribution >= 0.6 is 0 Å². The first-order chi connectivity index (χ1) is 10.0. The molecule has 1 aliphatic carbocycles. The predicted octanol–water partition coefficient (Wildman–Crippen LogP) is 4.36. The average Bonchev–Trinajstić information content (AvgIpc) is 2.96. The Kier molecular flexibility index (Phi) is 3.70. The normalized spacial score (nSPS) is 24.7. The molecule has 0 bridgehead atoms. The Morgan fingerprint density at radius 1 is 1.33 bits per heavy atom. The van der Waals surface area contributed by atoms with Gasteiger partial charge in [0, 0.05) is 17.3 Å². The van der Waals surface area contributed by atoms with Gasteiger partial charge in [-0.25, -0.2) is 0 Å². The third-order valence-electron chi connectivity index (χ3n) is 4.52. The third kappa shape index (κ3) is 3.26. The second kappa shape index (κ2) is 5.51. The number of hydrogen-bond donors (Lipinski definition) is 1. The van der Waals surface area contributed by atoms with E-state index < -0.39 is 0 Å². The molecular weight excluding hydrogens is 262 g/mol. The highest BCUT2D eigenvalue weighted by molar-refractivity contribution is 5.61. The maximum Gasteiger partial charge on any atom is 0.247 e. The molecule has 1 N–H and O–H groups in total. The van der Waals surface area contributed by atoms with Crippen LogP contribution in [-0.4, -0.2) is 16.2 Å². The minimum Gasteiger partial charge on any atom is -0.423 e. The van der Waals surface area contributed by atoms with Crippen molar-refractivity contribution >= 4 is 5.69 Å². The van der Waals surface area contributed by atoms with Crippen molar-refractivity contribution in [1.82, 2.24) is 10.2 Å². The van der Waals surface area contributed by atoms with Crippen LogP contribution in [0.1, 0.15) is 40.0 Å². The van der Waals surface area contributed by atoms with Crippen LogP contribution < -0.4 is 5.32 Å². The van der Waals surface area contributed by atoms with Gasteiger partial charge in [-0.2, -0.15) is 0 Å². The smallest absolute Gasteiger partial charge is 0.247 e. The molecular formula is C17H23N3O. The summed E-state index contributed by atoms with van der Waals surface area (Å²) in [5, 5.41) is 11.4. The molecule has 1 fully saturated rings. The highest BCUT2D eigenvalue weighted by atomic mass is 16.4. The van der Waals surface area contributed by atoms with E-state index in [1.165, 1.54) is 25.7 Å². The van der Waals surface area contributed by atoms with Crippen molar-refractivity contribution in [1.29, 1.82) is 0 Å². The molecule has 0 spiro atoms. The zero-order valence-corrected chi connectivity index (χ0v) is 13.0. The molecule has 4 heteroatoms. The van der Waals surface area contributed by atoms with Gasteiger partial charge in [0.1, 0.15) is 0 Å².